The average molecular weight is 286 g/mol. The van der Waals surface area contributed by atoms with Crippen LogP contribution in [0.15, 0.2) is 34.1 Å². The fraction of sp³-hybridized carbons (Fsp3) is 0.286. The Bertz CT molecular complexity index is 848. The minimum absolute atomic E-state index is 0.156. The van der Waals surface area contributed by atoms with E-state index in [9.17, 15) is 14.4 Å². The standard InChI is InChI=1S/C14H14N4O3/c1-3-17-8-10(7-15)13(20)18(14(17)21)9-12(19)11-5-4-6-16(11)2/h4-6,8H,3,9H2,1-2H3. The maximum Gasteiger partial charge on any atom is 0.331 e. The highest BCUT2D eigenvalue weighted by Gasteiger charge is 2.16. The summed E-state index contributed by atoms with van der Waals surface area (Å²) < 4.78 is 3.65. The van der Waals surface area contributed by atoms with Crippen LogP contribution < -0.4 is 11.2 Å². The molecule has 2 aromatic heterocycles. The Morgan fingerprint density at radius 1 is 1.38 bits per heavy atom. The summed E-state index contributed by atoms with van der Waals surface area (Å²) in [6.07, 6.45) is 2.92. The van der Waals surface area contributed by atoms with E-state index < -0.39 is 11.2 Å². The van der Waals surface area contributed by atoms with E-state index in [4.69, 9.17) is 5.26 Å². The third-order valence-electron chi connectivity index (χ3n) is 3.23. The molecule has 0 spiro atoms. The van der Waals surface area contributed by atoms with Crippen LogP contribution in [-0.2, 0) is 20.1 Å². The molecule has 2 aromatic rings. The van der Waals surface area contributed by atoms with E-state index in [1.807, 2.05) is 0 Å². The number of aryl methyl sites for hydroxylation is 2. The van der Waals surface area contributed by atoms with E-state index in [2.05, 4.69) is 0 Å². The Morgan fingerprint density at radius 2 is 2.10 bits per heavy atom. The quantitative estimate of drug-likeness (QED) is 0.747. The zero-order valence-electron chi connectivity index (χ0n) is 11.7. The van der Waals surface area contributed by atoms with E-state index >= 15 is 0 Å². The molecule has 0 aliphatic rings. The first-order chi connectivity index (χ1) is 9.99. The predicted molar refractivity (Wildman–Crippen MR) is 75.1 cm³/mol. The van der Waals surface area contributed by atoms with Crippen LogP contribution >= 0.6 is 0 Å². The molecule has 0 aliphatic carbocycles. The van der Waals surface area contributed by atoms with E-state index in [0.717, 1.165) is 4.57 Å². The van der Waals surface area contributed by atoms with E-state index in [0.29, 0.717) is 12.2 Å². The zero-order valence-corrected chi connectivity index (χ0v) is 11.7. The van der Waals surface area contributed by atoms with Gasteiger partial charge in [0.1, 0.15) is 11.6 Å². The van der Waals surface area contributed by atoms with Gasteiger partial charge in [0.15, 0.2) is 5.78 Å². The molecule has 0 unspecified atom stereocenters. The van der Waals surface area contributed by atoms with Crippen LogP contribution in [0.25, 0.3) is 0 Å². The summed E-state index contributed by atoms with van der Waals surface area (Å²) in [6.45, 7) is 1.65. The van der Waals surface area contributed by atoms with Gasteiger partial charge in [-0.25, -0.2) is 4.79 Å². The molecule has 0 saturated carbocycles. The van der Waals surface area contributed by atoms with Crippen LogP contribution in [0.2, 0.25) is 0 Å². The molecule has 0 saturated heterocycles. The van der Waals surface area contributed by atoms with Gasteiger partial charge in [0.05, 0.1) is 12.2 Å². The molecular weight excluding hydrogens is 272 g/mol. The van der Waals surface area contributed by atoms with Gasteiger partial charge in [0.25, 0.3) is 5.56 Å². The van der Waals surface area contributed by atoms with E-state index in [1.54, 1.807) is 42.9 Å². The van der Waals surface area contributed by atoms with Crippen LogP contribution in [0, 0.1) is 11.3 Å². The van der Waals surface area contributed by atoms with Crippen molar-refractivity contribution in [1.29, 1.82) is 5.26 Å². The second-order valence-corrected chi connectivity index (χ2v) is 4.54. The maximum atomic E-state index is 12.2. The molecule has 21 heavy (non-hydrogen) atoms. The van der Waals surface area contributed by atoms with Gasteiger partial charge in [-0.1, -0.05) is 0 Å². The third kappa shape index (κ3) is 2.56. The van der Waals surface area contributed by atoms with Gasteiger partial charge >= 0.3 is 5.69 Å². The lowest BCUT2D eigenvalue weighted by atomic mass is 10.2. The lowest BCUT2D eigenvalue weighted by molar-refractivity contribution is 0.0960. The normalized spacial score (nSPS) is 10.3. The number of rotatable bonds is 4. The molecule has 108 valence electrons. The summed E-state index contributed by atoms with van der Waals surface area (Å²) in [5, 5.41) is 8.95. The van der Waals surface area contributed by atoms with E-state index in [1.165, 1.54) is 10.8 Å². The fourth-order valence-electron chi connectivity index (χ4n) is 2.07. The number of hydrogen-bond acceptors (Lipinski definition) is 4. The lowest BCUT2D eigenvalue weighted by Crippen LogP contribution is -2.42. The van der Waals surface area contributed by atoms with E-state index in [-0.39, 0.29) is 17.9 Å². The second kappa shape index (κ2) is 5.63. The number of carbonyl (C=O) groups is 1. The summed E-state index contributed by atoms with van der Waals surface area (Å²) in [7, 11) is 1.70. The molecule has 0 N–H and O–H groups in total. The molecule has 0 aromatic carbocycles. The smallest absolute Gasteiger partial charge is 0.331 e. The van der Waals surface area contributed by atoms with Gasteiger partial charge in [-0.05, 0) is 19.1 Å². The molecular formula is C14H14N4O3. The van der Waals surface area contributed by atoms with Crippen molar-refractivity contribution in [2.75, 3.05) is 0 Å². The fourth-order valence-corrected chi connectivity index (χ4v) is 2.07. The maximum absolute atomic E-state index is 12.2. The SMILES string of the molecule is CCn1cc(C#N)c(=O)n(CC(=O)c2cccn2C)c1=O. The van der Waals surface area contributed by atoms with Gasteiger partial charge in [0.2, 0.25) is 0 Å². The Kier molecular flexibility index (Phi) is 3.89. The monoisotopic (exact) mass is 286 g/mol. The zero-order chi connectivity index (χ0) is 15.6. The van der Waals surface area contributed by atoms with Crippen LogP contribution in [0.3, 0.4) is 0 Å². The molecule has 0 aliphatic heterocycles. The number of aromatic nitrogens is 3. The largest absolute Gasteiger partial charge is 0.348 e. The summed E-state index contributed by atoms with van der Waals surface area (Å²) >= 11 is 0. The first kappa shape index (κ1) is 14.5. The highest BCUT2D eigenvalue weighted by molar-refractivity contribution is 5.94. The van der Waals surface area contributed by atoms with Gasteiger partial charge in [0, 0.05) is 26.0 Å². The van der Waals surface area contributed by atoms with Crippen molar-refractivity contribution in [3.63, 3.8) is 0 Å². The molecule has 2 heterocycles. The average Bonchev–Trinajstić information content (AvgIpc) is 2.90. The van der Waals surface area contributed by atoms with Gasteiger partial charge in [-0.15, -0.1) is 0 Å². The topological polar surface area (TPSA) is 89.8 Å². The van der Waals surface area contributed by atoms with Crippen molar-refractivity contribution >= 4 is 5.78 Å². The van der Waals surface area contributed by atoms with Gasteiger partial charge < -0.3 is 4.57 Å². The minimum atomic E-state index is -0.741. The lowest BCUT2D eigenvalue weighted by Gasteiger charge is -2.09. The molecule has 7 nitrogen and oxygen atoms in total. The summed E-state index contributed by atoms with van der Waals surface area (Å²) in [4.78, 5) is 36.4. The highest BCUT2D eigenvalue weighted by atomic mass is 16.2. The Labute approximate surface area is 120 Å². The first-order valence-corrected chi connectivity index (χ1v) is 6.38. The van der Waals surface area contributed by atoms with Crippen LogP contribution in [0.1, 0.15) is 23.0 Å². The molecule has 2 rings (SSSR count). The Balaban J connectivity index is 2.53. The van der Waals surface area contributed by atoms with Crippen LogP contribution in [-0.4, -0.2) is 19.5 Å². The molecule has 7 heteroatoms. The number of carbonyl (C=O) groups excluding carboxylic acids is 1. The van der Waals surface area contributed by atoms with Crippen molar-refractivity contribution < 1.29 is 4.79 Å². The summed E-state index contributed by atoms with van der Waals surface area (Å²) in [5.74, 6) is -0.362. The second-order valence-electron chi connectivity index (χ2n) is 4.54. The van der Waals surface area contributed by atoms with Gasteiger partial charge in [-0.2, -0.15) is 5.26 Å². The molecule has 0 bridgehead atoms. The summed E-state index contributed by atoms with van der Waals surface area (Å²) in [5.41, 5.74) is -1.10. The molecule has 0 amide bonds. The first-order valence-electron chi connectivity index (χ1n) is 6.38. The van der Waals surface area contributed by atoms with Crippen molar-refractivity contribution in [3.8, 4) is 6.07 Å². The number of nitriles is 1. The Hall–Kier alpha value is -2.88. The molecule has 0 radical (unpaired) electrons. The van der Waals surface area contributed by atoms with Crippen molar-refractivity contribution in [2.24, 2.45) is 7.05 Å². The number of hydrogen-bond donors (Lipinski definition) is 0. The van der Waals surface area contributed by atoms with Gasteiger partial charge in [-0.3, -0.25) is 18.7 Å². The number of ketones is 1. The highest BCUT2D eigenvalue weighted by Crippen LogP contribution is 2.01. The van der Waals surface area contributed by atoms with Crippen LogP contribution in [0.5, 0.6) is 0 Å². The minimum Gasteiger partial charge on any atom is -0.348 e. The van der Waals surface area contributed by atoms with Crippen molar-refractivity contribution in [1.82, 2.24) is 13.7 Å². The van der Waals surface area contributed by atoms with Crippen molar-refractivity contribution in [3.05, 3.63) is 56.6 Å². The number of Topliss-reactive ketones (excluding diaryl/α,β-unsaturated/α-hetero) is 1. The summed E-state index contributed by atoms with van der Waals surface area (Å²) in [6, 6.07) is 5.06. The molecule has 0 atom stereocenters. The van der Waals surface area contributed by atoms with Crippen LogP contribution in [0.4, 0.5) is 0 Å². The Morgan fingerprint density at radius 3 is 2.62 bits per heavy atom. The third-order valence-corrected chi connectivity index (χ3v) is 3.23. The predicted octanol–water partition coefficient (Wildman–Crippen LogP) is 0.123. The molecule has 0 fully saturated rings. The van der Waals surface area contributed by atoms with Crippen molar-refractivity contribution in [2.45, 2.75) is 20.0 Å². The number of nitrogens with zero attached hydrogens (tertiary/aromatic N) is 4.